The van der Waals surface area contributed by atoms with E-state index in [1.165, 1.54) is 23.5 Å². The third kappa shape index (κ3) is 3.72. The molecule has 2 aromatic carbocycles. The zero-order chi connectivity index (χ0) is 16.2. The molecule has 116 valence electrons. The molecule has 3 aromatic rings. The molecule has 0 unspecified atom stereocenters. The molecule has 0 saturated carbocycles. The van der Waals surface area contributed by atoms with Gasteiger partial charge < -0.3 is 5.32 Å². The number of carbonyl (C=O) groups excluding carboxylic acids is 1. The topological polar surface area (TPSA) is 54.9 Å². The number of rotatable bonds is 4. The van der Waals surface area contributed by atoms with Gasteiger partial charge in [-0.05, 0) is 12.1 Å². The van der Waals surface area contributed by atoms with Crippen molar-refractivity contribution in [1.82, 2.24) is 10.2 Å². The van der Waals surface area contributed by atoms with E-state index in [0.717, 1.165) is 5.56 Å². The minimum atomic E-state index is -0.505. The Labute approximate surface area is 141 Å². The van der Waals surface area contributed by atoms with Gasteiger partial charge in [0.2, 0.25) is 11.0 Å². The van der Waals surface area contributed by atoms with Gasteiger partial charge >= 0.3 is 0 Å². The Bertz CT molecular complexity index is 818. The fourth-order valence-electron chi connectivity index (χ4n) is 2.00. The molecule has 0 saturated heterocycles. The van der Waals surface area contributed by atoms with Crippen LogP contribution in [0.5, 0.6) is 0 Å². The van der Waals surface area contributed by atoms with Crippen molar-refractivity contribution in [3.63, 3.8) is 0 Å². The number of amides is 1. The van der Waals surface area contributed by atoms with E-state index < -0.39 is 11.7 Å². The number of anilines is 1. The van der Waals surface area contributed by atoms with Crippen LogP contribution >= 0.6 is 22.9 Å². The lowest BCUT2D eigenvalue weighted by molar-refractivity contribution is -0.115. The summed E-state index contributed by atoms with van der Waals surface area (Å²) in [4.78, 5) is 12.0. The van der Waals surface area contributed by atoms with Crippen LogP contribution in [0.3, 0.4) is 0 Å². The van der Waals surface area contributed by atoms with Crippen LogP contribution in [0.2, 0.25) is 5.02 Å². The zero-order valence-electron chi connectivity index (χ0n) is 11.8. The molecule has 1 aromatic heterocycles. The maximum Gasteiger partial charge on any atom is 0.230 e. The summed E-state index contributed by atoms with van der Waals surface area (Å²) in [6, 6.07) is 13.8. The second-order valence-electron chi connectivity index (χ2n) is 4.70. The number of benzene rings is 2. The summed E-state index contributed by atoms with van der Waals surface area (Å²) in [5.41, 5.74) is 1.09. The number of hydrogen-bond acceptors (Lipinski definition) is 4. The van der Waals surface area contributed by atoms with E-state index in [-0.39, 0.29) is 17.0 Å². The van der Waals surface area contributed by atoms with Crippen LogP contribution in [-0.2, 0) is 11.2 Å². The van der Waals surface area contributed by atoms with Crippen molar-refractivity contribution in [3.8, 4) is 10.6 Å². The van der Waals surface area contributed by atoms with E-state index in [1.807, 2.05) is 30.3 Å². The lowest BCUT2D eigenvalue weighted by atomic mass is 10.1. The molecular weight excluding hydrogens is 337 g/mol. The number of nitrogens with zero attached hydrogens (tertiary/aromatic N) is 2. The van der Waals surface area contributed by atoms with Crippen molar-refractivity contribution in [1.29, 1.82) is 0 Å². The highest BCUT2D eigenvalue weighted by molar-refractivity contribution is 7.18. The van der Waals surface area contributed by atoms with Gasteiger partial charge in [-0.25, -0.2) is 4.39 Å². The average molecular weight is 348 g/mol. The van der Waals surface area contributed by atoms with Crippen molar-refractivity contribution in [2.45, 2.75) is 6.42 Å². The third-order valence-electron chi connectivity index (χ3n) is 3.09. The van der Waals surface area contributed by atoms with Gasteiger partial charge in [-0.2, -0.15) is 0 Å². The first kappa shape index (κ1) is 15.6. The van der Waals surface area contributed by atoms with Crippen molar-refractivity contribution in [3.05, 3.63) is 64.9 Å². The van der Waals surface area contributed by atoms with Crippen molar-refractivity contribution < 1.29 is 9.18 Å². The van der Waals surface area contributed by atoms with Gasteiger partial charge in [0.05, 0.1) is 6.42 Å². The molecule has 0 atom stereocenters. The Hall–Kier alpha value is -2.31. The number of carbonyl (C=O) groups is 1. The number of hydrogen-bond donors (Lipinski definition) is 1. The molecule has 0 radical (unpaired) electrons. The fraction of sp³-hybridized carbons (Fsp3) is 0.0625. The first-order valence-electron chi connectivity index (χ1n) is 6.75. The Morgan fingerprint density at radius 1 is 1.13 bits per heavy atom. The van der Waals surface area contributed by atoms with Gasteiger partial charge in [0.15, 0.2) is 0 Å². The van der Waals surface area contributed by atoms with Crippen LogP contribution in [0.1, 0.15) is 5.56 Å². The number of halogens is 2. The molecular formula is C16H11ClFN3OS. The molecule has 1 heterocycles. The van der Waals surface area contributed by atoms with Crippen molar-refractivity contribution >= 4 is 34.0 Å². The van der Waals surface area contributed by atoms with E-state index in [2.05, 4.69) is 15.5 Å². The molecule has 7 heteroatoms. The van der Waals surface area contributed by atoms with Crippen LogP contribution in [-0.4, -0.2) is 16.1 Å². The quantitative estimate of drug-likeness (QED) is 0.770. The Morgan fingerprint density at radius 2 is 1.91 bits per heavy atom. The van der Waals surface area contributed by atoms with E-state index in [1.54, 1.807) is 6.07 Å². The smallest absolute Gasteiger partial charge is 0.230 e. The minimum Gasteiger partial charge on any atom is -0.300 e. The Morgan fingerprint density at radius 3 is 2.65 bits per heavy atom. The molecule has 3 rings (SSSR count). The van der Waals surface area contributed by atoms with Crippen LogP contribution < -0.4 is 5.32 Å². The zero-order valence-corrected chi connectivity index (χ0v) is 13.4. The predicted octanol–water partition coefficient (Wildman–Crippen LogP) is 4.18. The van der Waals surface area contributed by atoms with Crippen molar-refractivity contribution in [2.24, 2.45) is 0 Å². The maximum absolute atomic E-state index is 13.7. The standard InChI is InChI=1S/C16H11ClFN3OS/c17-12-7-4-8-13(18)11(12)9-14(22)19-16-21-20-15(23-16)10-5-2-1-3-6-10/h1-8H,9H2,(H,19,21,22). The first-order valence-corrected chi connectivity index (χ1v) is 7.94. The number of nitrogens with one attached hydrogen (secondary N) is 1. The van der Waals surface area contributed by atoms with E-state index in [0.29, 0.717) is 10.1 Å². The van der Waals surface area contributed by atoms with E-state index in [9.17, 15) is 9.18 Å². The van der Waals surface area contributed by atoms with Crippen LogP contribution in [0, 0.1) is 5.82 Å². The van der Waals surface area contributed by atoms with Crippen LogP contribution in [0.4, 0.5) is 9.52 Å². The molecule has 0 fully saturated rings. The van der Waals surface area contributed by atoms with Gasteiger partial charge in [0.1, 0.15) is 10.8 Å². The lowest BCUT2D eigenvalue weighted by Gasteiger charge is -2.05. The molecule has 4 nitrogen and oxygen atoms in total. The van der Waals surface area contributed by atoms with E-state index in [4.69, 9.17) is 11.6 Å². The van der Waals surface area contributed by atoms with Crippen LogP contribution in [0.25, 0.3) is 10.6 Å². The maximum atomic E-state index is 13.7. The second-order valence-corrected chi connectivity index (χ2v) is 6.09. The summed E-state index contributed by atoms with van der Waals surface area (Å²) in [6.45, 7) is 0. The Kier molecular flexibility index (Phi) is 4.64. The first-order chi connectivity index (χ1) is 11.1. The highest BCUT2D eigenvalue weighted by atomic mass is 35.5. The summed E-state index contributed by atoms with van der Waals surface area (Å²) in [5, 5.41) is 11.9. The fourth-order valence-corrected chi connectivity index (χ4v) is 2.99. The Balaban J connectivity index is 1.70. The summed E-state index contributed by atoms with van der Waals surface area (Å²) < 4.78 is 13.7. The van der Waals surface area contributed by atoms with Crippen LogP contribution in [0.15, 0.2) is 48.5 Å². The molecule has 0 aliphatic rings. The second kappa shape index (κ2) is 6.85. The summed E-state index contributed by atoms with van der Waals surface area (Å²) in [6.07, 6.45) is -0.161. The molecule has 0 spiro atoms. The highest BCUT2D eigenvalue weighted by Gasteiger charge is 2.14. The van der Waals surface area contributed by atoms with Gasteiger partial charge in [-0.3, -0.25) is 4.79 Å². The molecule has 1 amide bonds. The molecule has 23 heavy (non-hydrogen) atoms. The predicted molar refractivity (Wildman–Crippen MR) is 89.1 cm³/mol. The molecule has 0 aliphatic carbocycles. The normalized spacial score (nSPS) is 10.5. The van der Waals surface area contributed by atoms with Gasteiger partial charge in [0.25, 0.3) is 0 Å². The van der Waals surface area contributed by atoms with Gasteiger partial charge in [-0.1, -0.05) is 59.3 Å². The largest absolute Gasteiger partial charge is 0.300 e. The van der Waals surface area contributed by atoms with Crippen molar-refractivity contribution in [2.75, 3.05) is 5.32 Å². The SMILES string of the molecule is O=C(Cc1c(F)cccc1Cl)Nc1nnc(-c2ccccc2)s1. The monoisotopic (exact) mass is 347 g/mol. The molecule has 0 bridgehead atoms. The van der Waals surface area contributed by atoms with Gasteiger partial charge in [-0.15, -0.1) is 10.2 Å². The minimum absolute atomic E-state index is 0.161. The van der Waals surface area contributed by atoms with E-state index >= 15 is 0 Å². The number of aromatic nitrogens is 2. The summed E-state index contributed by atoms with van der Waals surface area (Å²) >= 11 is 7.17. The van der Waals surface area contributed by atoms with Gasteiger partial charge in [0, 0.05) is 16.1 Å². The molecule has 1 N–H and O–H groups in total. The summed E-state index contributed by atoms with van der Waals surface area (Å²) in [7, 11) is 0. The lowest BCUT2D eigenvalue weighted by Crippen LogP contribution is -2.15. The molecule has 0 aliphatic heterocycles. The highest BCUT2D eigenvalue weighted by Crippen LogP contribution is 2.26. The third-order valence-corrected chi connectivity index (χ3v) is 4.33. The average Bonchev–Trinajstić information content (AvgIpc) is 3.00. The summed E-state index contributed by atoms with van der Waals surface area (Å²) in [5.74, 6) is -0.900.